The van der Waals surface area contributed by atoms with Gasteiger partial charge in [-0.25, -0.2) is 9.97 Å². The largest absolute Gasteiger partial charge is 0.455 e. The second kappa shape index (κ2) is 7.42. The van der Waals surface area contributed by atoms with Crippen LogP contribution < -0.4 is 0 Å². The second-order valence-corrected chi connectivity index (χ2v) is 8.26. The summed E-state index contributed by atoms with van der Waals surface area (Å²) in [5.41, 5.74) is 5.89. The molecule has 0 aliphatic heterocycles. The van der Waals surface area contributed by atoms with E-state index in [1.807, 2.05) is 97.1 Å². The van der Waals surface area contributed by atoms with E-state index in [-0.39, 0.29) is 0 Å². The van der Waals surface area contributed by atoms with E-state index < -0.39 is 0 Å². The van der Waals surface area contributed by atoms with Crippen LogP contribution in [0.15, 0.2) is 118 Å². The Kier molecular flexibility index (Phi) is 4.11. The number of hydrogen-bond acceptors (Lipinski definition) is 4. The van der Waals surface area contributed by atoms with E-state index in [9.17, 15) is 0 Å². The van der Waals surface area contributed by atoms with Crippen LogP contribution in [0.4, 0.5) is 0 Å². The summed E-state index contributed by atoms with van der Waals surface area (Å²) < 4.78 is 12.5. The van der Waals surface area contributed by atoms with Gasteiger partial charge in [0.2, 0.25) is 0 Å². The first-order valence-electron chi connectivity index (χ1n) is 11.2. The van der Waals surface area contributed by atoms with Crippen molar-refractivity contribution in [2.24, 2.45) is 0 Å². The first-order chi connectivity index (χ1) is 16.8. The van der Waals surface area contributed by atoms with Gasteiger partial charge in [-0.05, 0) is 30.3 Å². The van der Waals surface area contributed by atoms with E-state index in [0.29, 0.717) is 11.6 Å². The molecule has 0 fully saturated rings. The van der Waals surface area contributed by atoms with Crippen molar-refractivity contribution in [1.82, 2.24) is 9.97 Å². The Balaban J connectivity index is 1.50. The summed E-state index contributed by atoms with van der Waals surface area (Å²) in [6, 6.07) is 36.3. The Morgan fingerprint density at radius 1 is 0.529 bits per heavy atom. The zero-order valence-electron chi connectivity index (χ0n) is 18.1. The van der Waals surface area contributed by atoms with Crippen molar-refractivity contribution in [2.45, 2.75) is 0 Å². The molecule has 0 aliphatic carbocycles. The van der Waals surface area contributed by atoms with Crippen LogP contribution in [0.2, 0.25) is 0 Å². The highest BCUT2D eigenvalue weighted by Gasteiger charge is 2.17. The predicted molar refractivity (Wildman–Crippen MR) is 135 cm³/mol. The highest BCUT2D eigenvalue weighted by Crippen LogP contribution is 2.37. The van der Waals surface area contributed by atoms with E-state index in [4.69, 9.17) is 18.8 Å². The average molecular weight is 438 g/mol. The number of furan rings is 2. The molecule has 0 saturated carbocycles. The lowest BCUT2D eigenvalue weighted by Crippen LogP contribution is -1.95. The molecule has 4 aromatic carbocycles. The number of para-hydroxylation sites is 3. The Labute approximate surface area is 195 Å². The lowest BCUT2D eigenvalue weighted by atomic mass is 10.1. The topological polar surface area (TPSA) is 52.1 Å². The number of rotatable bonds is 3. The summed E-state index contributed by atoms with van der Waals surface area (Å²) in [5, 5.41) is 3.20. The SMILES string of the molecule is c1ccc(-c2nc(-c3cc4ccccc4o3)cc(-c3cccc4c3oc3ccccc34)n2)cc1. The molecule has 34 heavy (non-hydrogen) atoms. The molecule has 0 bridgehead atoms. The Bertz CT molecular complexity index is 1780. The van der Waals surface area contributed by atoms with Crippen LogP contribution in [0.3, 0.4) is 0 Å². The molecule has 160 valence electrons. The molecule has 3 heterocycles. The maximum Gasteiger partial charge on any atom is 0.160 e. The van der Waals surface area contributed by atoms with E-state index in [2.05, 4.69) is 12.1 Å². The van der Waals surface area contributed by atoms with E-state index in [0.717, 1.165) is 55.4 Å². The van der Waals surface area contributed by atoms with Crippen LogP contribution in [0, 0.1) is 0 Å². The van der Waals surface area contributed by atoms with Gasteiger partial charge in [-0.3, -0.25) is 0 Å². The molecule has 4 nitrogen and oxygen atoms in total. The third kappa shape index (κ3) is 3.00. The van der Waals surface area contributed by atoms with Gasteiger partial charge in [0.1, 0.15) is 22.4 Å². The molecule has 0 amide bonds. The van der Waals surface area contributed by atoms with Crippen molar-refractivity contribution < 1.29 is 8.83 Å². The van der Waals surface area contributed by atoms with E-state index in [1.165, 1.54) is 0 Å². The summed E-state index contributed by atoms with van der Waals surface area (Å²) in [6.07, 6.45) is 0. The third-order valence-corrected chi connectivity index (χ3v) is 6.12. The fourth-order valence-corrected chi connectivity index (χ4v) is 4.48. The smallest absolute Gasteiger partial charge is 0.160 e. The monoisotopic (exact) mass is 438 g/mol. The maximum absolute atomic E-state index is 6.29. The van der Waals surface area contributed by atoms with Crippen molar-refractivity contribution in [3.8, 4) is 34.1 Å². The maximum atomic E-state index is 6.29. The summed E-state index contributed by atoms with van der Waals surface area (Å²) in [5.74, 6) is 1.35. The molecule has 0 unspecified atom stereocenters. The quantitative estimate of drug-likeness (QED) is 0.279. The van der Waals surface area contributed by atoms with Gasteiger partial charge in [0.15, 0.2) is 11.6 Å². The van der Waals surface area contributed by atoms with E-state index >= 15 is 0 Å². The number of nitrogens with zero attached hydrogens (tertiary/aromatic N) is 2. The minimum Gasteiger partial charge on any atom is -0.455 e. The van der Waals surface area contributed by atoms with Crippen molar-refractivity contribution in [3.05, 3.63) is 109 Å². The number of aromatic nitrogens is 2. The molecule has 4 heteroatoms. The van der Waals surface area contributed by atoms with Gasteiger partial charge in [-0.1, -0.05) is 78.9 Å². The van der Waals surface area contributed by atoms with Gasteiger partial charge in [-0.2, -0.15) is 0 Å². The number of fused-ring (bicyclic) bond motifs is 4. The van der Waals surface area contributed by atoms with Crippen LogP contribution in [-0.2, 0) is 0 Å². The minimum atomic E-state index is 0.640. The minimum absolute atomic E-state index is 0.640. The molecule has 7 rings (SSSR count). The van der Waals surface area contributed by atoms with Crippen LogP contribution in [0.5, 0.6) is 0 Å². The molecular weight excluding hydrogens is 420 g/mol. The molecule has 0 saturated heterocycles. The average Bonchev–Trinajstić information content (AvgIpc) is 3.51. The van der Waals surface area contributed by atoms with Gasteiger partial charge in [-0.15, -0.1) is 0 Å². The Morgan fingerprint density at radius 2 is 1.26 bits per heavy atom. The predicted octanol–water partition coefficient (Wildman–Crippen LogP) is 8.12. The zero-order valence-corrected chi connectivity index (χ0v) is 18.1. The summed E-state index contributed by atoms with van der Waals surface area (Å²) in [6.45, 7) is 0. The summed E-state index contributed by atoms with van der Waals surface area (Å²) in [4.78, 5) is 9.84. The highest BCUT2D eigenvalue weighted by molar-refractivity contribution is 6.09. The van der Waals surface area contributed by atoms with Gasteiger partial charge >= 0.3 is 0 Å². The van der Waals surface area contributed by atoms with Crippen molar-refractivity contribution >= 4 is 32.9 Å². The standard InChI is InChI=1S/C30H18N2O2/c1-2-9-19(10-3-1)30-31-24(18-25(32-30)28-17-20-11-4-6-15-26(20)33-28)23-14-8-13-22-21-12-5-7-16-27(21)34-29(22)23/h1-18H. The van der Waals surface area contributed by atoms with Crippen molar-refractivity contribution in [1.29, 1.82) is 0 Å². The van der Waals surface area contributed by atoms with E-state index in [1.54, 1.807) is 0 Å². The van der Waals surface area contributed by atoms with Crippen LogP contribution in [-0.4, -0.2) is 9.97 Å². The van der Waals surface area contributed by atoms with Gasteiger partial charge in [0.05, 0.1) is 5.69 Å². The lowest BCUT2D eigenvalue weighted by Gasteiger charge is -2.08. The number of hydrogen-bond donors (Lipinski definition) is 0. The normalized spacial score (nSPS) is 11.5. The molecule has 0 spiro atoms. The second-order valence-electron chi connectivity index (χ2n) is 8.26. The Hall–Kier alpha value is -4.70. The zero-order chi connectivity index (χ0) is 22.5. The highest BCUT2D eigenvalue weighted by atomic mass is 16.3. The molecule has 3 aromatic heterocycles. The Morgan fingerprint density at radius 3 is 2.15 bits per heavy atom. The fraction of sp³-hybridized carbons (Fsp3) is 0. The summed E-state index contributed by atoms with van der Waals surface area (Å²) >= 11 is 0. The van der Waals surface area contributed by atoms with Crippen LogP contribution >= 0.6 is 0 Å². The van der Waals surface area contributed by atoms with Crippen molar-refractivity contribution in [3.63, 3.8) is 0 Å². The van der Waals surface area contributed by atoms with Crippen molar-refractivity contribution in [2.75, 3.05) is 0 Å². The third-order valence-electron chi connectivity index (χ3n) is 6.12. The fourth-order valence-electron chi connectivity index (χ4n) is 4.48. The first-order valence-corrected chi connectivity index (χ1v) is 11.2. The molecular formula is C30H18N2O2. The molecule has 7 aromatic rings. The van der Waals surface area contributed by atoms with Gasteiger partial charge < -0.3 is 8.83 Å². The number of benzene rings is 4. The van der Waals surface area contributed by atoms with Gasteiger partial charge in [0.25, 0.3) is 0 Å². The van der Waals surface area contributed by atoms with Gasteiger partial charge in [0, 0.05) is 27.3 Å². The molecule has 0 aliphatic rings. The van der Waals surface area contributed by atoms with Crippen LogP contribution in [0.1, 0.15) is 0 Å². The van der Waals surface area contributed by atoms with Crippen LogP contribution in [0.25, 0.3) is 67.0 Å². The molecule has 0 radical (unpaired) electrons. The molecule has 0 atom stereocenters. The molecule has 0 N–H and O–H groups in total. The lowest BCUT2D eigenvalue weighted by molar-refractivity contribution is 0.628. The summed E-state index contributed by atoms with van der Waals surface area (Å²) in [7, 11) is 0. The first kappa shape index (κ1) is 18.8.